The molecule has 8 heteroatoms. The predicted molar refractivity (Wildman–Crippen MR) is 97.6 cm³/mol. The van der Waals surface area contributed by atoms with Crippen LogP contribution in [0.5, 0.6) is 0 Å². The minimum Gasteiger partial charge on any atom is -0.339 e. The first-order valence-electron chi connectivity index (χ1n) is 8.37. The number of aromatic nitrogens is 3. The largest absolute Gasteiger partial charge is 0.343 e. The Labute approximate surface area is 151 Å². The summed E-state index contributed by atoms with van der Waals surface area (Å²) in [7, 11) is 1.64. The number of amides is 1. The molecule has 0 spiro atoms. The quantitative estimate of drug-likeness (QED) is 0.808. The number of thioether (sulfide) groups is 1. The Morgan fingerprint density at radius 2 is 1.92 bits per heavy atom. The first-order valence-corrected chi connectivity index (χ1v) is 9.36. The molecule has 1 aliphatic rings. The summed E-state index contributed by atoms with van der Waals surface area (Å²) in [5.41, 5.74) is 1.04. The Hall–Kier alpha value is -2.06. The number of aromatic amines is 1. The van der Waals surface area contributed by atoms with Gasteiger partial charge in [0.25, 0.3) is 0 Å². The molecule has 2 heterocycles. The summed E-state index contributed by atoms with van der Waals surface area (Å²) in [6.07, 6.45) is 0. The number of piperazine rings is 1. The molecule has 0 saturated carbocycles. The highest BCUT2D eigenvalue weighted by atomic mass is 32.2. The van der Waals surface area contributed by atoms with Gasteiger partial charge >= 0.3 is 5.69 Å². The van der Waals surface area contributed by atoms with Crippen molar-refractivity contribution < 1.29 is 4.79 Å². The molecule has 1 saturated heterocycles. The van der Waals surface area contributed by atoms with Crippen LogP contribution in [0.15, 0.2) is 40.3 Å². The molecule has 0 unspecified atom stereocenters. The van der Waals surface area contributed by atoms with E-state index in [0.29, 0.717) is 17.0 Å². The van der Waals surface area contributed by atoms with Gasteiger partial charge in [0, 0.05) is 39.3 Å². The molecule has 1 fully saturated rings. The van der Waals surface area contributed by atoms with Gasteiger partial charge in [-0.15, -0.1) is 5.10 Å². The zero-order valence-electron chi connectivity index (χ0n) is 14.5. The number of H-pyrrole nitrogens is 1. The number of rotatable bonds is 5. The fourth-order valence-electron chi connectivity index (χ4n) is 2.98. The second-order valence-electron chi connectivity index (χ2n) is 6.16. The Morgan fingerprint density at radius 1 is 1.24 bits per heavy atom. The van der Waals surface area contributed by atoms with E-state index in [0.717, 1.165) is 26.2 Å². The molecule has 1 aromatic heterocycles. The van der Waals surface area contributed by atoms with Crippen molar-refractivity contribution in [3.63, 3.8) is 0 Å². The number of carbonyl (C=O) groups is 1. The van der Waals surface area contributed by atoms with Crippen LogP contribution in [0.4, 0.5) is 0 Å². The fraction of sp³-hybridized carbons (Fsp3) is 0.471. The Balaban J connectivity index is 1.49. The molecule has 7 nitrogen and oxygen atoms in total. The number of benzene rings is 1. The third-order valence-electron chi connectivity index (χ3n) is 4.66. The van der Waals surface area contributed by atoms with Crippen LogP contribution in [0.1, 0.15) is 18.5 Å². The number of hydrogen-bond acceptors (Lipinski definition) is 5. The first kappa shape index (κ1) is 17.8. The molecule has 134 valence electrons. The maximum atomic E-state index is 12.4. The lowest BCUT2D eigenvalue weighted by Crippen LogP contribution is -2.49. The molecule has 25 heavy (non-hydrogen) atoms. The van der Waals surface area contributed by atoms with E-state index >= 15 is 0 Å². The SMILES string of the molecule is C[C@H](c1ccccc1)N1CCN(C(=O)CSc2n[nH]c(=O)n2C)CC1. The molecule has 1 aromatic carbocycles. The molecule has 0 bridgehead atoms. The van der Waals surface area contributed by atoms with Crippen LogP contribution in [0.2, 0.25) is 0 Å². The van der Waals surface area contributed by atoms with Crippen LogP contribution >= 0.6 is 11.8 Å². The van der Waals surface area contributed by atoms with Crippen molar-refractivity contribution in [1.29, 1.82) is 0 Å². The van der Waals surface area contributed by atoms with Gasteiger partial charge in [-0.2, -0.15) is 0 Å². The van der Waals surface area contributed by atoms with E-state index in [1.54, 1.807) is 7.05 Å². The average Bonchev–Trinajstić information content (AvgIpc) is 2.98. The van der Waals surface area contributed by atoms with E-state index in [9.17, 15) is 9.59 Å². The van der Waals surface area contributed by atoms with Crippen molar-refractivity contribution in [2.75, 3.05) is 31.9 Å². The molecule has 1 aliphatic heterocycles. The highest BCUT2D eigenvalue weighted by Crippen LogP contribution is 2.21. The van der Waals surface area contributed by atoms with Crippen LogP contribution in [-0.2, 0) is 11.8 Å². The minimum atomic E-state index is -0.265. The third kappa shape index (κ3) is 4.13. The molecular formula is C17H23N5O2S. The van der Waals surface area contributed by atoms with E-state index < -0.39 is 0 Å². The Morgan fingerprint density at radius 3 is 2.52 bits per heavy atom. The van der Waals surface area contributed by atoms with Crippen molar-refractivity contribution in [2.45, 2.75) is 18.1 Å². The van der Waals surface area contributed by atoms with E-state index in [1.807, 2.05) is 11.0 Å². The second kappa shape index (κ2) is 7.88. The zero-order chi connectivity index (χ0) is 17.8. The van der Waals surface area contributed by atoms with Gasteiger partial charge in [-0.1, -0.05) is 42.1 Å². The van der Waals surface area contributed by atoms with Crippen molar-refractivity contribution >= 4 is 17.7 Å². The Kier molecular flexibility index (Phi) is 5.60. The highest BCUT2D eigenvalue weighted by Gasteiger charge is 2.24. The van der Waals surface area contributed by atoms with Gasteiger partial charge in [-0.25, -0.2) is 9.89 Å². The van der Waals surface area contributed by atoms with Crippen molar-refractivity contribution in [3.05, 3.63) is 46.4 Å². The van der Waals surface area contributed by atoms with Crippen LogP contribution in [-0.4, -0.2) is 62.4 Å². The summed E-state index contributed by atoms with van der Waals surface area (Å²) in [6.45, 7) is 5.41. The van der Waals surface area contributed by atoms with Gasteiger partial charge < -0.3 is 4.90 Å². The van der Waals surface area contributed by atoms with Crippen LogP contribution < -0.4 is 5.69 Å². The summed E-state index contributed by atoms with van der Waals surface area (Å²) in [5.74, 6) is 0.388. The number of nitrogens with zero attached hydrogens (tertiary/aromatic N) is 4. The molecule has 1 atom stereocenters. The average molecular weight is 361 g/mol. The standard InChI is InChI=1S/C17H23N5O2S/c1-13(14-6-4-3-5-7-14)21-8-10-22(11-9-21)15(23)12-25-17-19-18-16(24)20(17)2/h3-7,13H,8-12H2,1-2H3,(H,18,24)/t13-/m1/s1. The number of carbonyl (C=O) groups excluding carboxylic acids is 1. The lowest BCUT2D eigenvalue weighted by atomic mass is 10.1. The summed E-state index contributed by atoms with van der Waals surface area (Å²) in [6, 6.07) is 10.8. The van der Waals surface area contributed by atoms with Crippen molar-refractivity contribution in [3.8, 4) is 0 Å². The summed E-state index contributed by atoms with van der Waals surface area (Å²) >= 11 is 1.29. The summed E-state index contributed by atoms with van der Waals surface area (Å²) in [5, 5.41) is 6.83. The van der Waals surface area contributed by atoms with Gasteiger partial charge in [0.05, 0.1) is 5.75 Å². The normalized spacial score (nSPS) is 16.8. The molecule has 0 aliphatic carbocycles. The van der Waals surface area contributed by atoms with Crippen LogP contribution in [0.3, 0.4) is 0 Å². The monoisotopic (exact) mass is 361 g/mol. The zero-order valence-corrected chi connectivity index (χ0v) is 15.3. The first-order chi connectivity index (χ1) is 12.1. The molecule has 0 radical (unpaired) electrons. The van der Waals surface area contributed by atoms with E-state index in [1.165, 1.54) is 21.9 Å². The maximum absolute atomic E-state index is 12.4. The van der Waals surface area contributed by atoms with Gasteiger partial charge in [-0.3, -0.25) is 14.3 Å². The highest BCUT2D eigenvalue weighted by molar-refractivity contribution is 7.99. The third-order valence-corrected chi connectivity index (χ3v) is 5.67. The second-order valence-corrected chi connectivity index (χ2v) is 7.10. The van der Waals surface area contributed by atoms with Gasteiger partial charge in [0.1, 0.15) is 0 Å². The van der Waals surface area contributed by atoms with Gasteiger partial charge in [0.2, 0.25) is 5.91 Å². The smallest absolute Gasteiger partial charge is 0.339 e. The van der Waals surface area contributed by atoms with Gasteiger partial charge in [0.15, 0.2) is 5.16 Å². The predicted octanol–water partition coefficient (Wildman–Crippen LogP) is 1.11. The maximum Gasteiger partial charge on any atom is 0.343 e. The Bertz CT molecular complexity index is 765. The number of nitrogens with one attached hydrogen (secondary N) is 1. The van der Waals surface area contributed by atoms with Crippen LogP contribution in [0, 0.1) is 0 Å². The lowest BCUT2D eigenvalue weighted by molar-refractivity contribution is -0.130. The van der Waals surface area contributed by atoms with Crippen LogP contribution in [0.25, 0.3) is 0 Å². The molecule has 1 N–H and O–H groups in total. The summed E-state index contributed by atoms with van der Waals surface area (Å²) < 4.78 is 1.41. The minimum absolute atomic E-state index is 0.0902. The van der Waals surface area contributed by atoms with Crippen molar-refractivity contribution in [1.82, 2.24) is 24.6 Å². The fourth-order valence-corrected chi connectivity index (χ4v) is 3.80. The van der Waals surface area contributed by atoms with E-state index in [-0.39, 0.29) is 11.6 Å². The van der Waals surface area contributed by atoms with E-state index in [4.69, 9.17) is 0 Å². The topological polar surface area (TPSA) is 74.2 Å². The van der Waals surface area contributed by atoms with Crippen molar-refractivity contribution in [2.24, 2.45) is 7.05 Å². The van der Waals surface area contributed by atoms with E-state index in [2.05, 4.69) is 46.3 Å². The molecule has 2 aromatic rings. The summed E-state index contributed by atoms with van der Waals surface area (Å²) in [4.78, 5) is 28.0. The van der Waals surface area contributed by atoms with Gasteiger partial charge in [-0.05, 0) is 12.5 Å². The number of hydrogen-bond donors (Lipinski definition) is 1. The molecule has 3 rings (SSSR count). The molecule has 1 amide bonds. The molecular weight excluding hydrogens is 338 g/mol. The lowest BCUT2D eigenvalue weighted by Gasteiger charge is -2.38.